The van der Waals surface area contributed by atoms with Crippen molar-refractivity contribution in [3.8, 4) is 11.5 Å². The second-order valence-electron chi connectivity index (χ2n) is 10.3. The van der Waals surface area contributed by atoms with Gasteiger partial charge in [0.25, 0.3) is 0 Å². The number of rotatable bonds is 9. The Kier molecular flexibility index (Phi) is 8.24. The van der Waals surface area contributed by atoms with Gasteiger partial charge in [-0.2, -0.15) is 4.98 Å². The maximum Gasteiger partial charge on any atom is 0.221 e. The smallest absolute Gasteiger partial charge is 0.221 e. The fourth-order valence-electron chi connectivity index (χ4n) is 5.29. The number of carbonyl (C=O) groups is 1. The van der Waals surface area contributed by atoms with Gasteiger partial charge in [0, 0.05) is 57.3 Å². The first kappa shape index (κ1) is 28.4. The quantitative estimate of drug-likeness (QED) is 0.226. The molecular formula is C32H35N7O3. The number of ketones is 1. The zero-order chi connectivity index (χ0) is 29.8. The first-order valence-corrected chi connectivity index (χ1v) is 13.6. The summed E-state index contributed by atoms with van der Waals surface area (Å²) in [5, 5.41) is 0. The molecule has 3 heterocycles. The van der Waals surface area contributed by atoms with Crippen LogP contribution in [0.4, 0.5) is 17.6 Å². The van der Waals surface area contributed by atoms with E-state index in [1.165, 1.54) is 25.3 Å². The highest BCUT2D eigenvalue weighted by molar-refractivity contribution is 6.07. The van der Waals surface area contributed by atoms with E-state index in [1.807, 2.05) is 49.6 Å². The molecule has 10 heteroatoms. The summed E-state index contributed by atoms with van der Waals surface area (Å²) < 4.78 is 11.2. The Bertz CT molecular complexity index is 1620. The first-order valence-electron chi connectivity index (χ1n) is 13.6. The molecule has 0 bridgehead atoms. The molecule has 1 atom stereocenters. The predicted molar refractivity (Wildman–Crippen MR) is 164 cm³/mol. The Morgan fingerprint density at radius 2 is 1.88 bits per heavy atom. The Morgan fingerprint density at radius 3 is 2.57 bits per heavy atom. The van der Waals surface area contributed by atoms with Gasteiger partial charge in [-0.3, -0.25) is 4.79 Å². The summed E-state index contributed by atoms with van der Waals surface area (Å²) in [6, 6.07) is 16.1. The minimum absolute atomic E-state index is 0.0843. The summed E-state index contributed by atoms with van der Waals surface area (Å²) in [5.74, 6) is 1.86. The molecule has 1 unspecified atom stereocenters. The average Bonchev–Trinajstić information content (AvgIpc) is 3.00. The van der Waals surface area contributed by atoms with Crippen LogP contribution in [0.3, 0.4) is 0 Å². The zero-order valence-electron chi connectivity index (χ0n) is 24.2. The van der Waals surface area contributed by atoms with Crippen molar-refractivity contribution in [1.82, 2.24) is 19.9 Å². The third-order valence-corrected chi connectivity index (χ3v) is 7.40. The van der Waals surface area contributed by atoms with Crippen molar-refractivity contribution in [2.75, 3.05) is 51.2 Å². The third kappa shape index (κ3) is 5.83. The molecule has 4 aromatic rings. The van der Waals surface area contributed by atoms with Gasteiger partial charge in [0.2, 0.25) is 5.95 Å². The summed E-state index contributed by atoms with van der Waals surface area (Å²) in [6.45, 7) is 0.748. The number of pyridine rings is 1. The molecule has 0 fully saturated rings. The number of aromatic nitrogens is 3. The molecule has 10 nitrogen and oxygen atoms in total. The Balaban J connectivity index is 1.48. The lowest BCUT2D eigenvalue weighted by atomic mass is 9.89. The molecule has 0 amide bonds. The molecule has 5 rings (SSSR count). The predicted octanol–water partition coefficient (Wildman–Crippen LogP) is 4.05. The maximum atomic E-state index is 13.7. The minimum atomic E-state index is -0.216. The van der Waals surface area contributed by atoms with Crippen LogP contribution in [0.1, 0.15) is 44.2 Å². The average molecular weight is 566 g/mol. The first-order chi connectivity index (χ1) is 20.3. The van der Waals surface area contributed by atoms with Crippen LogP contribution in [-0.4, -0.2) is 60.5 Å². The number of hydrogen-bond donors (Lipinski definition) is 2. The van der Waals surface area contributed by atoms with E-state index >= 15 is 0 Å². The Labute approximate surface area is 245 Å². The van der Waals surface area contributed by atoms with E-state index in [4.69, 9.17) is 20.9 Å². The van der Waals surface area contributed by atoms with Crippen molar-refractivity contribution in [2.45, 2.75) is 18.9 Å². The largest absolute Gasteiger partial charge is 0.493 e. The monoisotopic (exact) mass is 565 g/mol. The highest BCUT2D eigenvalue weighted by atomic mass is 16.5. The van der Waals surface area contributed by atoms with Crippen molar-refractivity contribution in [3.05, 3.63) is 107 Å². The van der Waals surface area contributed by atoms with Crippen LogP contribution in [0.15, 0.2) is 73.2 Å². The number of hydrogen-bond acceptors (Lipinski definition) is 10. The molecule has 0 saturated carbocycles. The number of allylic oxidation sites excluding steroid dienone is 1. The number of carbonyl (C=O) groups excluding carboxylic acids is 1. The van der Waals surface area contributed by atoms with Crippen molar-refractivity contribution in [3.63, 3.8) is 0 Å². The number of nitrogen functional groups attached to an aromatic ring is 2. The fourth-order valence-corrected chi connectivity index (χ4v) is 5.29. The molecule has 0 saturated heterocycles. The number of nitrogens with two attached hydrogens (primary N) is 2. The third-order valence-electron chi connectivity index (χ3n) is 7.40. The lowest BCUT2D eigenvalue weighted by Gasteiger charge is -2.37. The SMILES string of the molecule is COc1cc(Cc2cnc(N)nc2N)cc(C(=O)C=CN2CCc3ccccc3C2c2ccc(N(C)C)nc2)c1OC. The summed E-state index contributed by atoms with van der Waals surface area (Å²) in [5.41, 5.74) is 17.1. The number of anilines is 3. The van der Waals surface area contributed by atoms with Crippen molar-refractivity contribution < 1.29 is 14.3 Å². The van der Waals surface area contributed by atoms with Crippen LogP contribution < -0.4 is 25.8 Å². The molecule has 0 spiro atoms. The summed E-state index contributed by atoms with van der Waals surface area (Å²) in [6.07, 6.45) is 8.21. The molecule has 2 aromatic carbocycles. The van der Waals surface area contributed by atoms with Gasteiger partial charge in [-0.1, -0.05) is 30.3 Å². The second kappa shape index (κ2) is 12.2. The van der Waals surface area contributed by atoms with E-state index in [0.29, 0.717) is 29.0 Å². The number of fused-ring (bicyclic) bond motifs is 1. The second-order valence-corrected chi connectivity index (χ2v) is 10.3. The number of methoxy groups -OCH3 is 2. The van der Waals surface area contributed by atoms with Gasteiger partial charge in [0.15, 0.2) is 17.3 Å². The molecule has 4 N–H and O–H groups in total. The van der Waals surface area contributed by atoms with Gasteiger partial charge in [-0.25, -0.2) is 9.97 Å². The van der Waals surface area contributed by atoms with E-state index in [1.54, 1.807) is 18.3 Å². The van der Waals surface area contributed by atoms with Gasteiger partial charge in [0.05, 0.1) is 25.8 Å². The maximum absolute atomic E-state index is 13.7. The molecule has 0 aliphatic carbocycles. The van der Waals surface area contributed by atoms with Gasteiger partial charge in [-0.15, -0.1) is 0 Å². The fraction of sp³-hybridized carbons (Fsp3) is 0.250. The normalized spacial score (nSPS) is 14.5. The summed E-state index contributed by atoms with van der Waals surface area (Å²) >= 11 is 0. The minimum Gasteiger partial charge on any atom is -0.493 e. The molecule has 2 aromatic heterocycles. The molecule has 1 aliphatic rings. The van der Waals surface area contributed by atoms with Crippen LogP contribution >= 0.6 is 0 Å². The standard InChI is InChI=1S/C32H35N7O3/c1-38(2)28-10-9-22(18-35-28)29-24-8-6-5-7-21(24)11-13-39(29)14-12-26(40)25-16-20(17-27(41-3)30(25)42-4)15-23-19-36-32(34)37-31(23)33/h5-10,12,14,16-19,29H,11,13,15H2,1-4H3,(H4,33,34,36,37). The van der Waals surface area contributed by atoms with Crippen molar-refractivity contribution >= 4 is 23.4 Å². The van der Waals surface area contributed by atoms with Crippen LogP contribution in [0, 0.1) is 0 Å². The number of benzene rings is 2. The van der Waals surface area contributed by atoms with E-state index < -0.39 is 0 Å². The highest BCUT2D eigenvalue weighted by Gasteiger charge is 2.27. The van der Waals surface area contributed by atoms with Crippen LogP contribution in [-0.2, 0) is 12.8 Å². The topological polar surface area (TPSA) is 133 Å². The molecule has 42 heavy (non-hydrogen) atoms. The highest BCUT2D eigenvalue weighted by Crippen LogP contribution is 2.37. The lowest BCUT2D eigenvalue weighted by Crippen LogP contribution is -2.32. The Hall–Kier alpha value is -5.12. The van der Waals surface area contributed by atoms with Crippen LogP contribution in [0.25, 0.3) is 0 Å². The van der Waals surface area contributed by atoms with Crippen LogP contribution in [0.2, 0.25) is 0 Å². The number of ether oxygens (including phenoxy) is 2. The number of nitrogens with zero attached hydrogens (tertiary/aromatic N) is 5. The van der Waals surface area contributed by atoms with Crippen molar-refractivity contribution in [2.24, 2.45) is 0 Å². The van der Waals surface area contributed by atoms with E-state index in [0.717, 1.165) is 29.9 Å². The van der Waals surface area contributed by atoms with Gasteiger partial charge >= 0.3 is 0 Å². The summed E-state index contributed by atoms with van der Waals surface area (Å²) in [4.78, 5) is 30.6. The zero-order valence-corrected chi connectivity index (χ0v) is 24.2. The van der Waals surface area contributed by atoms with E-state index in [9.17, 15) is 4.79 Å². The molecule has 1 aliphatic heterocycles. The summed E-state index contributed by atoms with van der Waals surface area (Å²) in [7, 11) is 6.99. The van der Waals surface area contributed by atoms with Crippen LogP contribution in [0.5, 0.6) is 11.5 Å². The molecule has 216 valence electrons. The lowest BCUT2D eigenvalue weighted by molar-refractivity contribution is 0.104. The van der Waals surface area contributed by atoms with Gasteiger partial charge in [0.1, 0.15) is 11.6 Å². The van der Waals surface area contributed by atoms with Gasteiger partial charge in [-0.05, 0) is 46.9 Å². The van der Waals surface area contributed by atoms with E-state index in [-0.39, 0.29) is 23.6 Å². The Morgan fingerprint density at radius 1 is 1.07 bits per heavy atom. The van der Waals surface area contributed by atoms with Crippen molar-refractivity contribution in [1.29, 1.82) is 0 Å². The molecule has 0 radical (unpaired) electrons. The van der Waals surface area contributed by atoms with E-state index in [2.05, 4.69) is 44.1 Å². The van der Waals surface area contributed by atoms with Gasteiger partial charge < -0.3 is 30.7 Å². The molecular weight excluding hydrogens is 530 g/mol.